The third kappa shape index (κ3) is 5.89. The van der Waals surface area contributed by atoms with E-state index in [0.717, 1.165) is 0 Å². The summed E-state index contributed by atoms with van der Waals surface area (Å²) in [6, 6.07) is -0.0551. The highest BCUT2D eigenvalue weighted by atomic mass is 16.4. The van der Waals surface area contributed by atoms with E-state index in [1.807, 2.05) is 20.8 Å². The maximum atomic E-state index is 12.3. The van der Waals surface area contributed by atoms with E-state index in [-0.39, 0.29) is 25.0 Å². The average Bonchev–Trinajstić information content (AvgIpc) is 2.24. The summed E-state index contributed by atoms with van der Waals surface area (Å²) in [5.41, 5.74) is 0. The number of rotatable bonds is 7. The van der Waals surface area contributed by atoms with Crippen molar-refractivity contribution in [3.8, 4) is 0 Å². The summed E-state index contributed by atoms with van der Waals surface area (Å²) in [5, 5.41) is 8.72. The van der Waals surface area contributed by atoms with Gasteiger partial charge in [-0.1, -0.05) is 13.8 Å². The Morgan fingerprint density at radius 2 is 1.72 bits per heavy atom. The molecule has 0 saturated carbocycles. The fourth-order valence-corrected chi connectivity index (χ4v) is 1.76. The number of carbonyl (C=O) groups is 2. The largest absolute Gasteiger partial charge is 0.481 e. The molecule has 1 N–H and O–H groups in total. The Balaban J connectivity index is 4.66. The molecule has 0 radical (unpaired) electrons. The van der Waals surface area contributed by atoms with Gasteiger partial charge >= 0.3 is 12.0 Å². The summed E-state index contributed by atoms with van der Waals surface area (Å²) in [4.78, 5) is 26.3. The summed E-state index contributed by atoms with van der Waals surface area (Å²) >= 11 is 0. The first-order chi connectivity index (χ1) is 8.29. The van der Waals surface area contributed by atoms with E-state index in [1.54, 1.807) is 9.80 Å². The molecule has 0 aromatic carbocycles. The third-order valence-corrected chi connectivity index (χ3v) is 2.67. The topological polar surface area (TPSA) is 60.9 Å². The molecule has 0 heterocycles. The molecule has 106 valence electrons. The van der Waals surface area contributed by atoms with Crippen LogP contribution >= 0.6 is 0 Å². The molecule has 0 spiro atoms. The number of hydrogen-bond acceptors (Lipinski definition) is 2. The number of aliphatic carboxylic acids is 1. The second kappa shape index (κ2) is 7.95. The van der Waals surface area contributed by atoms with E-state index >= 15 is 0 Å². The van der Waals surface area contributed by atoms with Gasteiger partial charge in [-0.3, -0.25) is 4.79 Å². The molecule has 0 bridgehead atoms. The minimum Gasteiger partial charge on any atom is -0.481 e. The summed E-state index contributed by atoms with van der Waals surface area (Å²) in [6.45, 7) is 11.5. The molecule has 0 atom stereocenters. The molecule has 0 aromatic heterocycles. The molecule has 5 nitrogen and oxygen atoms in total. The molecule has 0 aliphatic rings. The molecule has 0 fully saturated rings. The maximum absolute atomic E-state index is 12.3. The number of urea groups is 1. The number of hydrogen-bond donors (Lipinski definition) is 1. The van der Waals surface area contributed by atoms with Gasteiger partial charge in [-0.05, 0) is 26.7 Å². The minimum atomic E-state index is -0.875. The second-order valence-electron chi connectivity index (χ2n) is 5.15. The van der Waals surface area contributed by atoms with E-state index in [1.165, 1.54) is 0 Å². The van der Waals surface area contributed by atoms with Gasteiger partial charge < -0.3 is 14.9 Å². The van der Waals surface area contributed by atoms with Gasteiger partial charge in [0.15, 0.2) is 0 Å². The average molecular weight is 258 g/mol. The highest BCUT2D eigenvalue weighted by Gasteiger charge is 2.23. The highest BCUT2D eigenvalue weighted by molar-refractivity contribution is 5.75. The molecule has 18 heavy (non-hydrogen) atoms. The zero-order chi connectivity index (χ0) is 14.3. The van der Waals surface area contributed by atoms with Crippen molar-refractivity contribution in [3.63, 3.8) is 0 Å². The summed E-state index contributed by atoms with van der Waals surface area (Å²) in [6.07, 6.45) is -0.0108. The number of carboxylic acid groups (broad SMARTS) is 1. The van der Waals surface area contributed by atoms with Crippen LogP contribution in [0.25, 0.3) is 0 Å². The van der Waals surface area contributed by atoms with Gasteiger partial charge in [0, 0.05) is 25.7 Å². The summed E-state index contributed by atoms with van der Waals surface area (Å²) in [7, 11) is 0. The van der Waals surface area contributed by atoms with Crippen molar-refractivity contribution in [2.24, 2.45) is 5.92 Å². The normalized spacial score (nSPS) is 10.8. The van der Waals surface area contributed by atoms with Crippen LogP contribution in [0.3, 0.4) is 0 Å². The van der Waals surface area contributed by atoms with Crippen LogP contribution in [0.2, 0.25) is 0 Å². The first-order valence-electron chi connectivity index (χ1n) is 6.56. The van der Waals surface area contributed by atoms with Crippen LogP contribution in [-0.4, -0.2) is 52.6 Å². The van der Waals surface area contributed by atoms with E-state index in [9.17, 15) is 9.59 Å². The van der Waals surface area contributed by atoms with Crippen molar-refractivity contribution in [1.29, 1.82) is 0 Å². The Kier molecular flexibility index (Phi) is 7.39. The van der Waals surface area contributed by atoms with E-state index in [0.29, 0.717) is 19.0 Å². The lowest BCUT2D eigenvalue weighted by Gasteiger charge is -2.33. The minimum absolute atomic E-state index is 0.0108. The summed E-state index contributed by atoms with van der Waals surface area (Å²) < 4.78 is 0. The monoisotopic (exact) mass is 258 g/mol. The molecule has 5 heteroatoms. The third-order valence-electron chi connectivity index (χ3n) is 2.67. The van der Waals surface area contributed by atoms with E-state index < -0.39 is 5.97 Å². The number of amides is 2. The Morgan fingerprint density at radius 3 is 2.06 bits per heavy atom. The van der Waals surface area contributed by atoms with Gasteiger partial charge in [0.2, 0.25) is 0 Å². The molecule has 0 rings (SSSR count). The van der Waals surface area contributed by atoms with Crippen LogP contribution in [0.4, 0.5) is 4.79 Å². The van der Waals surface area contributed by atoms with Crippen molar-refractivity contribution < 1.29 is 14.7 Å². The van der Waals surface area contributed by atoms with Crippen molar-refractivity contribution >= 4 is 12.0 Å². The molecular formula is C13H26N2O3. The SMILES string of the molecule is CCN(CC(C)C)C(=O)N(CCC(=O)O)C(C)C. The lowest BCUT2D eigenvalue weighted by Crippen LogP contribution is -2.48. The van der Waals surface area contributed by atoms with E-state index in [2.05, 4.69) is 13.8 Å². The maximum Gasteiger partial charge on any atom is 0.320 e. The van der Waals surface area contributed by atoms with Gasteiger partial charge in [0.1, 0.15) is 0 Å². The van der Waals surface area contributed by atoms with Crippen LogP contribution in [0.1, 0.15) is 41.0 Å². The fraction of sp³-hybridized carbons (Fsp3) is 0.846. The van der Waals surface area contributed by atoms with Crippen molar-refractivity contribution in [2.45, 2.75) is 47.1 Å². The Morgan fingerprint density at radius 1 is 1.17 bits per heavy atom. The quantitative estimate of drug-likeness (QED) is 0.762. The van der Waals surface area contributed by atoms with Crippen molar-refractivity contribution in [3.05, 3.63) is 0 Å². The van der Waals surface area contributed by atoms with Gasteiger partial charge in [0.25, 0.3) is 0 Å². The first-order valence-corrected chi connectivity index (χ1v) is 6.56. The lowest BCUT2D eigenvalue weighted by atomic mass is 10.2. The van der Waals surface area contributed by atoms with Gasteiger partial charge in [0.05, 0.1) is 6.42 Å². The number of nitrogens with zero attached hydrogens (tertiary/aromatic N) is 2. The molecule has 0 unspecified atom stereocenters. The molecule has 0 aromatic rings. The standard InChI is InChI=1S/C13H26N2O3/c1-6-14(9-10(2)3)13(18)15(11(4)5)8-7-12(16)17/h10-11H,6-9H2,1-5H3,(H,16,17). The molecule has 0 aliphatic carbocycles. The Labute approximate surface area is 110 Å². The Bertz CT molecular complexity index is 277. The predicted molar refractivity (Wildman–Crippen MR) is 71.6 cm³/mol. The van der Waals surface area contributed by atoms with Gasteiger partial charge in [-0.2, -0.15) is 0 Å². The number of carboxylic acids is 1. The molecule has 0 saturated heterocycles. The zero-order valence-corrected chi connectivity index (χ0v) is 12.1. The highest BCUT2D eigenvalue weighted by Crippen LogP contribution is 2.08. The van der Waals surface area contributed by atoms with Crippen LogP contribution in [0.5, 0.6) is 0 Å². The molecule has 0 aliphatic heterocycles. The van der Waals surface area contributed by atoms with Gasteiger partial charge in [-0.25, -0.2) is 4.79 Å². The van der Waals surface area contributed by atoms with Crippen LogP contribution in [0.15, 0.2) is 0 Å². The van der Waals surface area contributed by atoms with E-state index in [4.69, 9.17) is 5.11 Å². The zero-order valence-electron chi connectivity index (χ0n) is 12.1. The van der Waals surface area contributed by atoms with Crippen LogP contribution < -0.4 is 0 Å². The number of carbonyl (C=O) groups excluding carboxylic acids is 1. The summed E-state index contributed by atoms with van der Waals surface area (Å²) in [5.74, 6) is -0.470. The van der Waals surface area contributed by atoms with Crippen LogP contribution in [-0.2, 0) is 4.79 Å². The lowest BCUT2D eigenvalue weighted by molar-refractivity contribution is -0.137. The smallest absolute Gasteiger partial charge is 0.320 e. The predicted octanol–water partition coefficient (Wildman–Crippen LogP) is 2.27. The Hall–Kier alpha value is -1.26. The second-order valence-corrected chi connectivity index (χ2v) is 5.15. The van der Waals surface area contributed by atoms with Crippen molar-refractivity contribution in [2.75, 3.05) is 19.6 Å². The van der Waals surface area contributed by atoms with Gasteiger partial charge in [-0.15, -0.1) is 0 Å². The van der Waals surface area contributed by atoms with Crippen LogP contribution in [0, 0.1) is 5.92 Å². The molecule has 2 amide bonds. The first kappa shape index (κ1) is 16.7. The van der Waals surface area contributed by atoms with Crippen molar-refractivity contribution in [1.82, 2.24) is 9.80 Å². The fourth-order valence-electron chi connectivity index (χ4n) is 1.76. The molecular weight excluding hydrogens is 232 g/mol.